The number of benzene rings is 1. The highest BCUT2D eigenvalue weighted by Gasteiger charge is 2.17. The van der Waals surface area contributed by atoms with Gasteiger partial charge >= 0.3 is 0 Å². The third-order valence-corrected chi connectivity index (χ3v) is 5.30. The zero-order valence-electron chi connectivity index (χ0n) is 10.7. The number of alkyl halides is 1. The van der Waals surface area contributed by atoms with Crippen molar-refractivity contribution in [3.8, 4) is 0 Å². The van der Waals surface area contributed by atoms with Crippen molar-refractivity contribution in [3.63, 3.8) is 0 Å². The molecule has 0 radical (unpaired) electrons. The van der Waals surface area contributed by atoms with Gasteiger partial charge in [-0.05, 0) is 42.2 Å². The van der Waals surface area contributed by atoms with Crippen LogP contribution in [-0.2, 0) is 11.2 Å². The predicted molar refractivity (Wildman–Crippen MR) is 85.0 cm³/mol. The molecule has 20 heavy (non-hydrogen) atoms. The Hall–Kier alpha value is -1.03. The average molecular weight is 326 g/mol. The zero-order valence-corrected chi connectivity index (χ0v) is 13.0. The third-order valence-electron chi connectivity index (χ3n) is 3.39. The highest BCUT2D eigenvalue weighted by atomic mass is 35.5. The summed E-state index contributed by atoms with van der Waals surface area (Å²) in [7, 11) is 0. The number of hydrogen-bond donors (Lipinski definition) is 1. The standard InChI is InChI=1S/C15H13Cl2NOS/c16-13-7-6-12(20-13)15(17)10-4-5-11-9(8-10)2-1-3-14(19)18-11/h4-8,15H,1-3H2,(H,18,19). The Bertz CT molecular complexity index is 653. The van der Waals surface area contributed by atoms with Crippen LogP contribution in [0.15, 0.2) is 30.3 Å². The molecule has 1 aromatic carbocycles. The minimum absolute atomic E-state index is 0.0870. The first-order valence-electron chi connectivity index (χ1n) is 6.45. The van der Waals surface area contributed by atoms with Crippen molar-refractivity contribution in [2.24, 2.45) is 0 Å². The number of anilines is 1. The van der Waals surface area contributed by atoms with E-state index in [4.69, 9.17) is 23.2 Å². The van der Waals surface area contributed by atoms with E-state index in [1.54, 1.807) is 0 Å². The fourth-order valence-electron chi connectivity index (χ4n) is 2.38. The number of hydrogen-bond acceptors (Lipinski definition) is 2. The van der Waals surface area contributed by atoms with E-state index in [1.165, 1.54) is 11.3 Å². The van der Waals surface area contributed by atoms with Crippen LogP contribution in [-0.4, -0.2) is 5.91 Å². The summed E-state index contributed by atoms with van der Waals surface area (Å²) in [6.07, 6.45) is 2.35. The summed E-state index contributed by atoms with van der Waals surface area (Å²) in [4.78, 5) is 12.6. The Morgan fingerprint density at radius 2 is 2.05 bits per heavy atom. The van der Waals surface area contributed by atoms with Crippen LogP contribution in [0.25, 0.3) is 0 Å². The summed E-state index contributed by atoms with van der Waals surface area (Å²) in [6.45, 7) is 0. The van der Waals surface area contributed by atoms with Crippen molar-refractivity contribution in [2.75, 3.05) is 5.32 Å². The second-order valence-electron chi connectivity index (χ2n) is 4.82. The van der Waals surface area contributed by atoms with Gasteiger partial charge in [0.05, 0.1) is 9.71 Å². The zero-order chi connectivity index (χ0) is 14.1. The molecule has 0 saturated carbocycles. The van der Waals surface area contributed by atoms with Crippen molar-refractivity contribution in [3.05, 3.63) is 50.7 Å². The van der Waals surface area contributed by atoms with Gasteiger partial charge in [-0.15, -0.1) is 22.9 Å². The SMILES string of the molecule is O=C1CCCc2cc(C(Cl)c3ccc(Cl)s3)ccc2N1. The number of carbonyl (C=O) groups excluding carboxylic acids is 1. The van der Waals surface area contributed by atoms with Gasteiger partial charge < -0.3 is 5.32 Å². The minimum atomic E-state index is -0.197. The van der Waals surface area contributed by atoms with Crippen LogP contribution in [0.4, 0.5) is 5.69 Å². The highest BCUT2D eigenvalue weighted by molar-refractivity contribution is 7.16. The molecule has 1 amide bonds. The first kappa shape index (κ1) is 13.9. The molecule has 5 heteroatoms. The maximum absolute atomic E-state index is 11.5. The molecule has 2 heterocycles. The van der Waals surface area contributed by atoms with Gasteiger partial charge in [0.2, 0.25) is 5.91 Å². The quantitative estimate of drug-likeness (QED) is 0.773. The number of thiophene rings is 1. The molecule has 0 spiro atoms. The van der Waals surface area contributed by atoms with Crippen LogP contribution in [0.1, 0.15) is 34.2 Å². The number of aryl methyl sites for hydroxylation is 1. The van der Waals surface area contributed by atoms with Crippen LogP contribution in [0.5, 0.6) is 0 Å². The van der Waals surface area contributed by atoms with Crippen LogP contribution >= 0.6 is 34.5 Å². The van der Waals surface area contributed by atoms with Crippen molar-refractivity contribution >= 4 is 46.1 Å². The van der Waals surface area contributed by atoms with E-state index in [-0.39, 0.29) is 11.3 Å². The molecule has 0 aliphatic carbocycles. The molecular weight excluding hydrogens is 313 g/mol. The van der Waals surface area contributed by atoms with Crippen LogP contribution < -0.4 is 5.32 Å². The molecule has 1 N–H and O–H groups in total. The molecule has 2 nitrogen and oxygen atoms in total. The number of rotatable bonds is 2. The lowest BCUT2D eigenvalue weighted by Crippen LogP contribution is -2.09. The molecule has 1 aliphatic heterocycles. The number of fused-ring (bicyclic) bond motifs is 1. The van der Waals surface area contributed by atoms with E-state index < -0.39 is 0 Å². The van der Waals surface area contributed by atoms with E-state index >= 15 is 0 Å². The van der Waals surface area contributed by atoms with Gasteiger partial charge in [-0.25, -0.2) is 0 Å². The predicted octanol–water partition coefficient (Wildman–Crippen LogP) is 5.00. The Balaban J connectivity index is 1.92. The number of carbonyl (C=O) groups is 1. The van der Waals surface area contributed by atoms with Gasteiger partial charge in [0, 0.05) is 17.0 Å². The first-order valence-corrected chi connectivity index (χ1v) is 8.08. The van der Waals surface area contributed by atoms with Crippen molar-refractivity contribution < 1.29 is 4.79 Å². The fraction of sp³-hybridized carbons (Fsp3) is 0.267. The second kappa shape index (κ2) is 5.76. The summed E-state index contributed by atoms with van der Waals surface area (Å²) in [5.74, 6) is 0.0870. The van der Waals surface area contributed by atoms with E-state index in [0.29, 0.717) is 6.42 Å². The summed E-state index contributed by atoms with van der Waals surface area (Å²) >= 11 is 14.0. The maximum Gasteiger partial charge on any atom is 0.224 e. The van der Waals surface area contributed by atoms with Gasteiger partial charge in [-0.3, -0.25) is 4.79 Å². The van der Waals surface area contributed by atoms with Crippen LogP contribution in [0.2, 0.25) is 4.34 Å². The monoisotopic (exact) mass is 325 g/mol. The number of nitrogens with one attached hydrogen (secondary N) is 1. The fourth-order valence-corrected chi connectivity index (χ4v) is 3.79. The number of amides is 1. The van der Waals surface area contributed by atoms with E-state index in [0.717, 1.165) is 38.9 Å². The van der Waals surface area contributed by atoms with Crippen LogP contribution in [0, 0.1) is 0 Å². The smallest absolute Gasteiger partial charge is 0.224 e. The normalized spacial score (nSPS) is 16.2. The summed E-state index contributed by atoms with van der Waals surface area (Å²) < 4.78 is 0.743. The maximum atomic E-state index is 11.5. The Morgan fingerprint density at radius 1 is 1.20 bits per heavy atom. The molecule has 104 valence electrons. The largest absolute Gasteiger partial charge is 0.326 e. The lowest BCUT2D eigenvalue weighted by Gasteiger charge is -2.12. The Kier molecular flexibility index (Phi) is 4.01. The van der Waals surface area contributed by atoms with Crippen LogP contribution in [0.3, 0.4) is 0 Å². The van der Waals surface area contributed by atoms with Gasteiger partial charge in [0.1, 0.15) is 0 Å². The molecule has 1 atom stereocenters. The van der Waals surface area contributed by atoms with Crippen molar-refractivity contribution in [1.82, 2.24) is 0 Å². The van der Waals surface area contributed by atoms with E-state index in [1.807, 2.05) is 24.3 Å². The van der Waals surface area contributed by atoms with Crippen molar-refractivity contribution in [1.29, 1.82) is 0 Å². The molecule has 1 aromatic heterocycles. The summed E-state index contributed by atoms with van der Waals surface area (Å²) in [6, 6.07) is 9.82. The highest BCUT2D eigenvalue weighted by Crippen LogP contribution is 2.37. The molecule has 0 bridgehead atoms. The Labute approximate surface area is 131 Å². The lowest BCUT2D eigenvalue weighted by atomic mass is 10.0. The molecule has 0 saturated heterocycles. The summed E-state index contributed by atoms with van der Waals surface area (Å²) in [5.41, 5.74) is 3.10. The average Bonchev–Trinajstić information content (AvgIpc) is 2.77. The molecule has 2 aromatic rings. The first-order chi connectivity index (χ1) is 9.63. The molecule has 1 unspecified atom stereocenters. The minimum Gasteiger partial charge on any atom is -0.326 e. The topological polar surface area (TPSA) is 29.1 Å². The van der Waals surface area contributed by atoms with Gasteiger partial charge in [0.15, 0.2) is 0 Å². The molecule has 3 rings (SSSR count). The van der Waals surface area contributed by atoms with Crippen molar-refractivity contribution in [2.45, 2.75) is 24.6 Å². The van der Waals surface area contributed by atoms with Gasteiger partial charge in [-0.2, -0.15) is 0 Å². The summed E-state index contributed by atoms with van der Waals surface area (Å²) in [5, 5.41) is 2.73. The third kappa shape index (κ3) is 2.85. The lowest BCUT2D eigenvalue weighted by molar-refractivity contribution is -0.116. The van der Waals surface area contributed by atoms with Gasteiger partial charge in [-0.1, -0.05) is 23.7 Å². The van der Waals surface area contributed by atoms with E-state index in [9.17, 15) is 4.79 Å². The second-order valence-corrected chi connectivity index (χ2v) is 7.01. The van der Waals surface area contributed by atoms with E-state index in [2.05, 4.69) is 11.4 Å². The van der Waals surface area contributed by atoms with Gasteiger partial charge in [0.25, 0.3) is 0 Å². The number of halogens is 2. The molecular formula is C15H13Cl2NOS. The molecule has 0 fully saturated rings. The molecule has 1 aliphatic rings. The Morgan fingerprint density at radius 3 is 2.80 bits per heavy atom.